The quantitative estimate of drug-likeness (QED) is 0.560. The maximum Gasteiger partial charge on any atom is 0.244 e. The molecule has 0 unspecified atom stereocenters. The van der Waals surface area contributed by atoms with E-state index in [0.717, 1.165) is 11.3 Å². The molecule has 0 amide bonds. The summed E-state index contributed by atoms with van der Waals surface area (Å²) in [5, 5.41) is 17.3. The van der Waals surface area contributed by atoms with Crippen LogP contribution in [0.15, 0.2) is 47.9 Å². The fraction of sp³-hybridized carbons (Fsp3) is 0.250. The zero-order valence-electron chi connectivity index (χ0n) is 18.8. The molecular weight excluding hydrogens is 424 g/mol. The Kier molecular flexibility index (Phi) is 6.00. The van der Waals surface area contributed by atoms with Gasteiger partial charge in [-0.1, -0.05) is 6.07 Å². The van der Waals surface area contributed by atoms with Crippen LogP contribution in [0, 0.1) is 11.3 Å². The van der Waals surface area contributed by atoms with Crippen molar-refractivity contribution in [2.45, 2.75) is 12.8 Å². The Bertz CT molecular complexity index is 1240. The van der Waals surface area contributed by atoms with Gasteiger partial charge in [0, 0.05) is 11.1 Å². The number of nitrogens with one attached hydrogen (secondary N) is 1. The molecule has 0 radical (unpaired) electrons. The number of nitrogens with zero attached hydrogens (tertiary/aromatic N) is 2. The predicted octanol–water partition coefficient (Wildman–Crippen LogP) is 3.72. The van der Waals surface area contributed by atoms with Crippen LogP contribution in [0.5, 0.6) is 28.9 Å². The molecule has 0 spiro atoms. The van der Waals surface area contributed by atoms with Gasteiger partial charge in [-0.05, 0) is 37.3 Å². The van der Waals surface area contributed by atoms with Crippen LogP contribution < -0.4 is 29.4 Å². The van der Waals surface area contributed by atoms with E-state index in [0.29, 0.717) is 40.7 Å². The van der Waals surface area contributed by atoms with Gasteiger partial charge in [-0.25, -0.2) is 0 Å². The molecule has 1 aliphatic heterocycles. The number of H-pyrrole nitrogens is 1. The van der Waals surface area contributed by atoms with E-state index < -0.39 is 5.92 Å². The summed E-state index contributed by atoms with van der Waals surface area (Å²) in [6.07, 6.45) is 0. The van der Waals surface area contributed by atoms with E-state index in [2.05, 4.69) is 16.3 Å². The average molecular weight is 448 g/mol. The van der Waals surface area contributed by atoms with Crippen molar-refractivity contribution in [3.63, 3.8) is 0 Å². The zero-order valence-corrected chi connectivity index (χ0v) is 18.8. The smallest absolute Gasteiger partial charge is 0.244 e. The summed E-state index contributed by atoms with van der Waals surface area (Å²) in [4.78, 5) is 0. The summed E-state index contributed by atoms with van der Waals surface area (Å²) in [6, 6.07) is 13.3. The first-order chi connectivity index (χ1) is 16.1. The minimum Gasteiger partial charge on any atom is -0.494 e. The van der Waals surface area contributed by atoms with Gasteiger partial charge in [0.2, 0.25) is 17.5 Å². The maximum atomic E-state index is 9.99. The summed E-state index contributed by atoms with van der Waals surface area (Å²) >= 11 is 0. The summed E-state index contributed by atoms with van der Waals surface area (Å²) in [7, 11) is 4.60. The summed E-state index contributed by atoms with van der Waals surface area (Å²) in [6.45, 7) is 2.50. The molecular formula is C24H24N4O5. The van der Waals surface area contributed by atoms with Crippen LogP contribution in [0.3, 0.4) is 0 Å². The van der Waals surface area contributed by atoms with E-state index >= 15 is 0 Å². The number of benzene rings is 2. The SMILES string of the molecule is CCOc1ccc(-c2[nH]nc3c2[C@H](c2ccc(OC)c(OC)c2OC)C(C#N)=C(N)O3)cc1. The molecule has 3 N–H and O–H groups in total. The molecule has 2 aromatic carbocycles. The fourth-order valence-corrected chi connectivity index (χ4v) is 4.01. The van der Waals surface area contributed by atoms with Crippen molar-refractivity contribution in [3.8, 4) is 46.2 Å². The van der Waals surface area contributed by atoms with Crippen molar-refractivity contribution < 1.29 is 23.7 Å². The first kappa shape index (κ1) is 21.9. The molecule has 0 saturated heterocycles. The molecule has 1 aromatic heterocycles. The van der Waals surface area contributed by atoms with E-state index in [-0.39, 0.29) is 17.3 Å². The van der Waals surface area contributed by atoms with Crippen LogP contribution in [-0.2, 0) is 0 Å². The van der Waals surface area contributed by atoms with Gasteiger partial charge in [0.1, 0.15) is 17.4 Å². The van der Waals surface area contributed by atoms with Gasteiger partial charge >= 0.3 is 0 Å². The van der Waals surface area contributed by atoms with E-state index in [1.54, 1.807) is 13.2 Å². The molecule has 170 valence electrons. The first-order valence-electron chi connectivity index (χ1n) is 10.3. The van der Waals surface area contributed by atoms with Gasteiger partial charge in [0.15, 0.2) is 11.5 Å². The van der Waals surface area contributed by atoms with Crippen LogP contribution in [-0.4, -0.2) is 38.1 Å². The average Bonchev–Trinajstić information content (AvgIpc) is 3.26. The van der Waals surface area contributed by atoms with E-state index in [1.807, 2.05) is 37.3 Å². The number of nitrogens with two attached hydrogens (primary N) is 1. The standard InChI is InChI=1S/C24H24N4O5/c1-5-32-14-8-6-13(7-9-14)20-19-18(16(12-25)23(26)33-24(19)28-27-20)15-10-11-17(29-2)22(31-4)21(15)30-3/h6-11,18H,5,26H2,1-4H3,(H,27,28)/t18-/m1/s1. The van der Waals surface area contributed by atoms with Crippen molar-refractivity contribution in [1.82, 2.24) is 10.2 Å². The number of aromatic amines is 1. The number of allylic oxidation sites excluding steroid dienone is 1. The van der Waals surface area contributed by atoms with Crippen molar-refractivity contribution >= 4 is 0 Å². The Hall–Kier alpha value is -4.32. The summed E-state index contributed by atoms with van der Waals surface area (Å²) in [5.41, 5.74) is 9.21. The molecule has 0 fully saturated rings. The van der Waals surface area contributed by atoms with Gasteiger partial charge in [-0.15, -0.1) is 5.10 Å². The number of hydrogen-bond donors (Lipinski definition) is 2. The molecule has 9 heteroatoms. The molecule has 0 bridgehead atoms. The number of fused-ring (bicyclic) bond motifs is 1. The Labute approximate surface area is 191 Å². The summed E-state index contributed by atoms with van der Waals surface area (Å²) < 4.78 is 27.9. The zero-order chi connectivity index (χ0) is 23.5. The lowest BCUT2D eigenvalue weighted by atomic mass is 9.82. The Morgan fingerprint density at radius 2 is 1.79 bits per heavy atom. The first-order valence-corrected chi connectivity index (χ1v) is 10.3. The van der Waals surface area contributed by atoms with Crippen molar-refractivity contribution in [2.24, 2.45) is 5.73 Å². The lowest BCUT2D eigenvalue weighted by molar-refractivity contribution is 0.321. The van der Waals surface area contributed by atoms with Gasteiger partial charge in [0.05, 0.1) is 45.1 Å². The highest BCUT2D eigenvalue weighted by molar-refractivity contribution is 5.73. The van der Waals surface area contributed by atoms with Crippen molar-refractivity contribution in [2.75, 3.05) is 27.9 Å². The molecule has 9 nitrogen and oxygen atoms in total. The largest absolute Gasteiger partial charge is 0.494 e. The van der Waals surface area contributed by atoms with Gasteiger partial charge in [-0.3, -0.25) is 5.10 Å². The van der Waals surface area contributed by atoms with Crippen LogP contribution in [0.2, 0.25) is 0 Å². The predicted molar refractivity (Wildman–Crippen MR) is 121 cm³/mol. The number of aromatic nitrogens is 2. The number of methoxy groups -OCH3 is 3. The maximum absolute atomic E-state index is 9.99. The molecule has 0 saturated carbocycles. The molecule has 2 heterocycles. The third-order valence-corrected chi connectivity index (χ3v) is 5.44. The van der Waals surface area contributed by atoms with Crippen molar-refractivity contribution in [1.29, 1.82) is 5.26 Å². The Morgan fingerprint density at radius 3 is 2.39 bits per heavy atom. The lowest BCUT2D eigenvalue weighted by Crippen LogP contribution is -2.21. The van der Waals surface area contributed by atoms with Gasteiger partial charge in [-0.2, -0.15) is 5.26 Å². The normalized spacial score (nSPS) is 14.7. The highest BCUT2D eigenvalue weighted by atomic mass is 16.5. The molecule has 4 rings (SSSR count). The second kappa shape index (κ2) is 9.04. The van der Waals surface area contributed by atoms with Crippen molar-refractivity contribution in [3.05, 3.63) is 59.0 Å². The highest BCUT2D eigenvalue weighted by Crippen LogP contribution is 2.51. The molecule has 1 aliphatic rings. The topological polar surface area (TPSA) is 125 Å². The molecule has 1 atom stereocenters. The number of nitriles is 1. The second-order valence-corrected chi connectivity index (χ2v) is 7.12. The Morgan fingerprint density at radius 1 is 1.06 bits per heavy atom. The fourth-order valence-electron chi connectivity index (χ4n) is 4.01. The van der Waals surface area contributed by atoms with Crippen LogP contribution >= 0.6 is 0 Å². The molecule has 33 heavy (non-hydrogen) atoms. The van der Waals surface area contributed by atoms with Crippen LogP contribution in [0.1, 0.15) is 24.0 Å². The lowest BCUT2D eigenvalue weighted by Gasteiger charge is -2.26. The molecule has 0 aliphatic carbocycles. The highest BCUT2D eigenvalue weighted by Gasteiger charge is 2.38. The number of hydrogen-bond acceptors (Lipinski definition) is 8. The van der Waals surface area contributed by atoms with E-state index in [1.165, 1.54) is 14.2 Å². The second-order valence-electron chi connectivity index (χ2n) is 7.12. The minimum atomic E-state index is -0.617. The van der Waals surface area contributed by atoms with E-state index in [9.17, 15) is 5.26 Å². The monoisotopic (exact) mass is 448 g/mol. The Balaban J connectivity index is 1.94. The minimum absolute atomic E-state index is 0.0171. The summed E-state index contributed by atoms with van der Waals surface area (Å²) in [5.74, 6) is 1.75. The van der Waals surface area contributed by atoms with Crippen LogP contribution in [0.25, 0.3) is 11.3 Å². The van der Waals surface area contributed by atoms with E-state index in [4.69, 9.17) is 29.4 Å². The number of rotatable bonds is 7. The van der Waals surface area contributed by atoms with Crippen LogP contribution in [0.4, 0.5) is 0 Å². The molecule has 3 aromatic rings. The third kappa shape index (κ3) is 3.65. The van der Waals surface area contributed by atoms with Gasteiger partial charge < -0.3 is 29.4 Å². The third-order valence-electron chi connectivity index (χ3n) is 5.44. The number of ether oxygens (including phenoxy) is 5. The van der Waals surface area contributed by atoms with Gasteiger partial charge in [0.25, 0.3) is 0 Å².